The predicted molar refractivity (Wildman–Crippen MR) is 87.7 cm³/mol. The van der Waals surface area contributed by atoms with Gasteiger partial charge in [0, 0.05) is 24.3 Å². The first-order valence-electron chi connectivity index (χ1n) is 6.31. The number of sulfone groups is 1. The molecular formula is C13H17BrN4O2S. The molecule has 0 aliphatic rings. The molecule has 1 heterocycles. The molecule has 8 heteroatoms. The van der Waals surface area contributed by atoms with Gasteiger partial charge in [0.15, 0.2) is 20.6 Å². The van der Waals surface area contributed by atoms with Crippen LogP contribution < -0.4 is 10.6 Å². The molecule has 0 saturated heterocycles. The lowest BCUT2D eigenvalue weighted by Gasteiger charge is -2.14. The van der Waals surface area contributed by atoms with E-state index in [1.807, 2.05) is 31.2 Å². The fourth-order valence-electron chi connectivity index (χ4n) is 1.96. The molecule has 0 aliphatic heterocycles. The molecule has 0 radical (unpaired) electrons. The highest BCUT2D eigenvalue weighted by atomic mass is 79.9. The molecule has 1 aromatic carbocycles. The van der Waals surface area contributed by atoms with Crippen LogP contribution in [0.4, 0.5) is 11.6 Å². The molecule has 6 nitrogen and oxygen atoms in total. The van der Waals surface area contributed by atoms with Gasteiger partial charge in [-0.3, -0.25) is 0 Å². The summed E-state index contributed by atoms with van der Waals surface area (Å²) in [5.74, 6) is 0.475. The molecule has 0 bridgehead atoms. The third-order valence-electron chi connectivity index (χ3n) is 3.12. The van der Waals surface area contributed by atoms with Crippen molar-refractivity contribution in [2.45, 2.75) is 11.8 Å². The van der Waals surface area contributed by atoms with Crippen molar-refractivity contribution in [1.82, 2.24) is 9.78 Å². The normalized spacial score (nSPS) is 11.6. The Morgan fingerprint density at radius 1 is 1.43 bits per heavy atom. The zero-order chi connectivity index (χ0) is 15.8. The quantitative estimate of drug-likeness (QED) is 0.888. The first-order chi connectivity index (χ1) is 9.75. The van der Waals surface area contributed by atoms with E-state index in [0.717, 1.165) is 10.7 Å². The monoisotopic (exact) mass is 372 g/mol. The van der Waals surface area contributed by atoms with Crippen molar-refractivity contribution in [3.8, 4) is 5.69 Å². The molecule has 0 spiro atoms. The number of hydrogen-bond acceptors (Lipinski definition) is 5. The van der Waals surface area contributed by atoms with Gasteiger partial charge >= 0.3 is 0 Å². The van der Waals surface area contributed by atoms with Gasteiger partial charge in [-0.05, 0) is 25.1 Å². The second kappa shape index (κ2) is 5.69. The second-order valence-electron chi connectivity index (χ2n) is 4.72. The number of nitrogens with two attached hydrogens (primary N) is 1. The highest BCUT2D eigenvalue weighted by molar-refractivity contribution is 9.10. The molecule has 2 N–H and O–H groups in total. The number of nitrogens with zero attached hydrogens (tertiary/aromatic N) is 3. The molecule has 0 aliphatic carbocycles. The lowest BCUT2D eigenvalue weighted by molar-refractivity contribution is 0.602. The molecule has 0 unspecified atom stereocenters. The summed E-state index contributed by atoms with van der Waals surface area (Å²) in [6.45, 7) is 2.54. The van der Waals surface area contributed by atoms with Gasteiger partial charge in [0.1, 0.15) is 5.82 Å². The molecule has 0 saturated carbocycles. The summed E-state index contributed by atoms with van der Waals surface area (Å²) < 4.78 is 26.4. The molecule has 21 heavy (non-hydrogen) atoms. The summed E-state index contributed by atoms with van der Waals surface area (Å²) in [5, 5.41) is 4.38. The number of aromatic nitrogens is 2. The van der Waals surface area contributed by atoms with Gasteiger partial charge in [0.05, 0.1) is 5.69 Å². The van der Waals surface area contributed by atoms with E-state index < -0.39 is 9.84 Å². The van der Waals surface area contributed by atoms with E-state index in [4.69, 9.17) is 5.73 Å². The minimum Gasteiger partial charge on any atom is -0.382 e. The van der Waals surface area contributed by atoms with Crippen molar-refractivity contribution in [2.24, 2.45) is 0 Å². The minimum atomic E-state index is -3.48. The van der Waals surface area contributed by atoms with Gasteiger partial charge in [-0.2, -0.15) is 0 Å². The lowest BCUT2D eigenvalue weighted by atomic mass is 10.3. The van der Waals surface area contributed by atoms with Crippen molar-refractivity contribution in [2.75, 3.05) is 30.5 Å². The van der Waals surface area contributed by atoms with Crippen LogP contribution >= 0.6 is 15.9 Å². The fourth-order valence-corrected chi connectivity index (χ4v) is 3.35. The summed E-state index contributed by atoms with van der Waals surface area (Å²) >= 11 is 3.38. The molecule has 114 valence electrons. The Balaban J connectivity index is 2.73. The summed E-state index contributed by atoms with van der Waals surface area (Å²) in [5.41, 5.74) is 6.74. The Morgan fingerprint density at radius 3 is 2.62 bits per heavy atom. The van der Waals surface area contributed by atoms with Crippen LogP contribution in [-0.4, -0.2) is 38.0 Å². The van der Waals surface area contributed by atoms with Gasteiger partial charge < -0.3 is 10.6 Å². The predicted octanol–water partition coefficient (Wildman–Crippen LogP) is 2.08. The average molecular weight is 373 g/mol. The highest BCUT2D eigenvalue weighted by Gasteiger charge is 2.26. The van der Waals surface area contributed by atoms with E-state index in [9.17, 15) is 8.42 Å². The molecule has 0 amide bonds. The summed E-state index contributed by atoms with van der Waals surface area (Å²) in [7, 11) is -1.70. The molecule has 2 aromatic rings. The zero-order valence-corrected chi connectivity index (χ0v) is 14.4. The molecule has 0 atom stereocenters. The van der Waals surface area contributed by atoms with Crippen LogP contribution in [0.15, 0.2) is 33.6 Å². The van der Waals surface area contributed by atoms with Crippen LogP contribution in [0.3, 0.4) is 0 Å². The Morgan fingerprint density at radius 2 is 2.10 bits per heavy atom. The molecule has 0 fully saturated rings. The van der Waals surface area contributed by atoms with Gasteiger partial charge in [0.25, 0.3) is 0 Å². The largest absolute Gasteiger partial charge is 0.382 e. The van der Waals surface area contributed by atoms with E-state index in [0.29, 0.717) is 18.1 Å². The summed E-state index contributed by atoms with van der Waals surface area (Å²) in [4.78, 5) is 1.81. The first kappa shape index (κ1) is 15.8. The Hall–Kier alpha value is -1.54. The fraction of sp³-hybridized carbons (Fsp3) is 0.308. The Labute approximate surface area is 132 Å². The Bertz CT molecular complexity index is 770. The number of rotatable bonds is 4. The van der Waals surface area contributed by atoms with E-state index >= 15 is 0 Å². The van der Waals surface area contributed by atoms with Gasteiger partial charge in [-0.15, -0.1) is 5.10 Å². The smallest absolute Gasteiger partial charge is 0.182 e. The van der Waals surface area contributed by atoms with Crippen LogP contribution in [0, 0.1) is 0 Å². The van der Waals surface area contributed by atoms with E-state index in [1.54, 1.807) is 11.9 Å². The number of anilines is 2. The van der Waals surface area contributed by atoms with Crippen LogP contribution in [0.5, 0.6) is 0 Å². The zero-order valence-electron chi connectivity index (χ0n) is 12.0. The highest BCUT2D eigenvalue weighted by Crippen LogP contribution is 2.31. The molecular weight excluding hydrogens is 356 g/mol. The second-order valence-corrected chi connectivity index (χ2v) is 7.58. The van der Waals surface area contributed by atoms with Crippen molar-refractivity contribution < 1.29 is 8.42 Å². The maximum atomic E-state index is 12.0. The number of benzene rings is 1. The van der Waals surface area contributed by atoms with Crippen molar-refractivity contribution in [3.63, 3.8) is 0 Å². The van der Waals surface area contributed by atoms with Crippen molar-refractivity contribution in [3.05, 3.63) is 28.7 Å². The average Bonchev–Trinajstić information content (AvgIpc) is 2.75. The van der Waals surface area contributed by atoms with Crippen molar-refractivity contribution >= 4 is 37.4 Å². The van der Waals surface area contributed by atoms with Gasteiger partial charge in [-0.1, -0.05) is 22.0 Å². The van der Waals surface area contributed by atoms with Gasteiger partial charge in [-0.25, -0.2) is 13.1 Å². The third-order valence-corrected chi connectivity index (χ3v) is 4.74. The third kappa shape index (κ3) is 3.06. The number of nitrogen functional groups attached to an aromatic ring is 1. The first-order valence-corrected chi connectivity index (χ1v) is 8.99. The van der Waals surface area contributed by atoms with Crippen molar-refractivity contribution in [1.29, 1.82) is 0 Å². The number of hydrogen-bond donors (Lipinski definition) is 1. The molecule has 2 rings (SSSR count). The summed E-state index contributed by atoms with van der Waals surface area (Å²) in [6, 6.07) is 7.35. The van der Waals surface area contributed by atoms with E-state index in [-0.39, 0.29) is 10.7 Å². The SMILES string of the molecule is CCN(C)c1nn(-c2cccc(Br)c2)c(N)c1S(C)(=O)=O. The standard InChI is InChI=1S/C13H17BrN4O2S/c1-4-17(2)13-11(21(3,19)20)12(15)18(16-13)10-7-5-6-9(14)8-10/h5-8H,4,15H2,1-3H3. The summed E-state index contributed by atoms with van der Waals surface area (Å²) in [6.07, 6.45) is 1.14. The minimum absolute atomic E-state index is 0.0619. The van der Waals surface area contributed by atoms with Crippen LogP contribution in [0.2, 0.25) is 0 Å². The number of halogens is 1. The van der Waals surface area contributed by atoms with Crippen LogP contribution in [0.1, 0.15) is 6.92 Å². The lowest BCUT2D eigenvalue weighted by Crippen LogP contribution is -2.19. The molecule has 1 aromatic heterocycles. The van der Waals surface area contributed by atoms with E-state index in [2.05, 4.69) is 21.0 Å². The van der Waals surface area contributed by atoms with Gasteiger partial charge in [0.2, 0.25) is 0 Å². The van der Waals surface area contributed by atoms with E-state index in [1.165, 1.54) is 4.68 Å². The maximum absolute atomic E-state index is 12.0. The topological polar surface area (TPSA) is 81.2 Å². The Kier molecular flexibility index (Phi) is 4.29. The maximum Gasteiger partial charge on any atom is 0.182 e. The van der Waals surface area contributed by atoms with Crippen LogP contribution in [0.25, 0.3) is 5.69 Å². The van der Waals surface area contributed by atoms with Crippen LogP contribution in [-0.2, 0) is 9.84 Å².